The van der Waals surface area contributed by atoms with E-state index in [1.165, 1.54) is 17.8 Å². The highest BCUT2D eigenvalue weighted by molar-refractivity contribution is 5.93. The predicted molar refractivity (Wildman–Crippen MR) is 147 cm³/mol. The molecule has 2 heterocycles. The number of allylic oxidation sites excluding steroid dienone is 1. The zero-order chi connectivity index (χ0) is 25.4. The Bertz CT molecular complexity index is 1410. The Morgan fingerprint density at radius 3 is 2.03 bits per heavy atom. The Morgan fingerprint density at radius 1 is 0.750 bits per heavy atom. The van der Waals surface area contributed by atoms with Crippen molar-refractivity contribution in [2.24, 2.45) is 7.05 Å². The van der Waals surface area contributed by atoms with Gasteiger partial charge in [0.2, 0.25) is 0 Å². The van der Waals surface area contributed by atoms with Crippen LogP contribution < -0.4 is 9.80 Å². The van der Waals surface area contributed by atoms with E-state index < -0.39 is 11.6 Å². The summed E-state index contributed by atoms with van der Waals surface area (Å²) >= 11 is 0. The molecule has 1 fully saturated rings. The summed E-state index contributed by atoms with van der Waals surface area (Å²) in [4.78, 5) is 4.83. The zero-order valence-electron chi connectivity index (χ0n) is 21.1. The number of aromatic nitrogens is 1. The molecule has 1 aliphatic rings. The lowest BCUT2D eigenvalue weighted by molar-refractivity contribution is 0.509. The van der Waals surface area contributed by atoms with E-state index in [0.29, 0.717) is 5.56 Å². The number of nitrogens with zero attached hydrogens (tertiary/aromatic N) is 3. The molecule has 0 unspecified atom stereocenters. The summed E-state index contributed by atoms with van der Waals surface area (Å²) in [5.74, 6) is -1.69. The van der Waals surface area contributed by atoms with Crippen molar-refractivity contribution in [2.45, 2.75) is 13.8 Å². The maximum Gasteiger partial charge on any atom is 0.159 e. The molecule has 1 aliphatic heterocycles. The summed E-state index contributed by atoms with van der Waals surface area (Å²) in [6, 6.07) is 23.2. The van der Waals surface area contributed by atoms with Gasteiger partial charge < -0.3 is 14.4 Å². The summed E-state index contributed by atoms with van der Waals surface area (Å²) in [5, 5.41) is 0. The standard InChI is InChI=1S/C31H31F2N3/c1-21(2)29-22(3)34(4)31(24-13-14-27(32)28(33)20-24)30(29)23-9-8-12-26(19-23)36-17-15-35(16-18-36)25-10-6-5-7-11-25/h5-14,19-20H,1,15-18H2,2-4H3. The number of benzene rings is 3. The Kier molecular flexibility index (Phi) is 6.40. The lowest BCUT2D eigenvalue weighted by Gasteiger charge is -2.37. The molecule has 0 atom stereocenters. The number of halogens is 2. The van der Waals surface area contributed by atoms with Gasteiger partial charge in [0.15, 0.2) is 11.6 Å². The molecule has 0 spiro atoms. The van der Waals surface area contributed by atoms with Gasteiger partial charge in [-0.1, -0.05) is 36.9 Å². The van der Waals surface area contributed by atoms with Crippen LogP contribution in [0, 0.1) is 18.6 Å². The molecule has 0 saturated carbocycles. The van der Waals surface area contributed by atoms with Crippen LogP contribution in [0.25, 0.3) is 28.0 Å². The topological polar surface area (TPSA) is 11.4 Å². The van der Waals surface area contributed by atoms with Gasteiger partial charge in [-0.25, -0.2) is 8.78 Å². The highest BCUT2D eigenvalue weighted by Crippen LogP contribution is 2.42. The first kappa shape index (κ1) is 23.9. The van der Waals surface area contributed by atoms with Gasteiger partial charge in [0.25, 0.3) is 0 Å². The van der Waals surface area contributed by atoms with Gasteiger partial charge >= 0.3 is 0 Å². The first-order valence-electron chi connectivity index (χ1n) is 12.3. The molecule has 1 saturated heterocycles. The number of hydrogen-bond acceptors (Lipinski definition) is 2. The van der Waals surface area contributed by atoms with Crippen LogP contribution >= 0.6 is 0 Å². The van der Waals surface area contributed by atoms with Crippen LogP contribution in [0.1, 0.15) is 18.2 Å². The first-order chi connectivity index (χ1) is 17.3. The second-order valence-electron chi connectivity index (χ2n) is 9.51. The van der Waals surface area contributed by atoms with Gasteiger partial charge in [-0.2, -0.15) is 0 Å². The van der Waals surface area contributed by atoms with E-state index in [1.54, 1.807) is 6.07 Å². The largest absolute Gasteiger partial charge is 0.368 e. The van der Waals surface area contributed by atoms with E-state index in [9.17, 15) is 8.78 Å². The van der Waals surface area contributed by atoms with Crippen molar-refractivity contribution in [1.82, 2.24) is 4.57 Å². The zero-order valence-corrected chi connectivity index (χ0v) is 21.1. The van der Waals surface area contributed by atoms with E-state index in [2.05, 4.69) is 69.5 Å². The Hall–Kier alpha value is -3.86. The van der Waals surface area contributed by atoms with Crippen LogP contribution in [-0.2, 0) is 7.05 Å². The highest BCUT2D eigenvalue weighted by atomic mass is 19.2. The van der Waals surface area contributed by atoms with Gasteiger partial charge in [0.05, 0.1) is 5.69 Å². The number of para-hydroxylation sites is 1. The lowest BCUT2D eigenvalue weighted by Crippen LogP contribution is -2.46. The minimum absolute atomic E-state index is 0.642. The van der Waals surface area contributed by atoms with Gasteiger partial charge in [-0.15, -0.1) is 0 Å². The van der Waals surface area contributed by atoms with Gasteiger partial charge in [0, 0.05) is 67.0 Å². The second-order valence-corrected chi connectivity index (χ2v) is 9.51. The van der Waals surface area contributed by atoms with Crippen LogP contribution in [0.3, 0.4) is 0 Å². The fourth-order valence-electron chi connectivity index (χ4n) is 5.31. The minimum atomic E-state index is -0.848. The van der Waals surface area contributed by atoms with Gasteiger partial charge in [-0.05, 0) is 67.4 Å². The highest BCUT2D eigenvalue weighted by Gasteiger charge is 2.24. The van der Waals surface area contributed by atoms with Crippen molar-refractivity contribution in [2.75, 3.05) is 36.0 Å². The Balaban J connectivity index is 1.53. The van der Waals surface area contributed by atoms with Crippen LogP contribution in [0.4, 0.5) is 20.2 Å². The van der Waals surface area contributed by atoms with Gasteiger partial charge in [-0.3, -0.25) is 0 Å². The molecule has 0 aliphatic carbocycles. The van der Waals surface area contributed by atoms with Crippen molar-refractivity contribution in [1.29, 1.82) is 0 Å². The maximum atomic E-state index is 14.2. The maximum absolute atomic E-state index is 14.2. The molecule has 5 heteroatoms. The molecular weight excluding hydrogens is 452 g/mol. The second kappa shape index (κ2) is 9.65. The van der Waals surface area contributed by atoms with E-state index in [1.807, 2.05) is 27.0 Å². The molecule has 0 radical (unpaired) electrons. The Morgan fingerprint density at radius 2 is 1.39 bits per heavy atom. The summed E-state index contributed by atoms with van der Waals surface area (Å²) in [5.41, 5.74) is 8.98. The van der Waals surface area contributed by atoms with Crippen LogP contribution in [0.15, 0.2) is 79.4 Å². The first-order valence-corrected chi connectivity index (χ1v) is 12.3. The van der Waals surface area contributed by atoms with E-state index in [0.717, 1.165) is 65.5 Å². The fourth-order valence-corrected chi connectivity index (χ4v) is 5.31. The summed E-state index contributed by atoms with van der Waals surface area (Å²) in [7, 11) is 1.97. The minimum Gasteiger partial charge on any atom is -0.368 e. The van der Waals surface area contributed by atoms with E-state index in [4.69, 9.17) is 0 Å². The third-order valence-electron chi connectivity index (χ3n) is 7.21. The van der Waals surface area contributed by atoms with Gasteiger partial charge in [0.1, 0.15) is 0 Å². The quantitative estimate of drug-likeness (QED) is 0.295. The Labute approximate surface area is 211 Å². The van der Waals surface area contributed by atoms with Crippen LogP contribution in [-0.4, -0.2) is 30.7 Å². The lowest BCUT2D eigenvalue weighted by atomic mass is 9.93. The molecule has 36 heavy (non-hydrogen) atoms. The summed E-state index contributed by atoms with van der Waals surface area (Å²) in [6.07, 6.45) is 0. The van der Waals surface area contributed by atoms with Crippen LogP contribution in [0.2, 0.25) is 0 Å². The normalized spacial score (nSPS) is 13.8. The molecule has 3 aromatic carbocycles. The monoisotopic (exact) mass is 483 g/mol. The van der Waals surface area contributed by atoms with Crippen molar-refractivity contribution in [3.05, 3.63) is 102 Å². The van der Waals surface area contributed by atoms with Crippen molar-refractivity contribution < 1.29 is 8.78 Å². The molecule has 0 N–H and O–H groups in total. The molecule has 5 rings (SSSR count). The summed E-state index contributed by atoms with van der Waals surface area (Å²) < 4.78 is 30.0. The number of piperazine rings is 1. The van der Waals surface area contributed by atoms with E-state index in [-0.39, 0.29) is 0 Å². The molecule has 0 bridgehead atoms. The third kappa shape index (κ3) is 4.30. The summed E-state index contributed by atoms with van der Waals surface area (Å²) in [6.45, 7) is 12.0. The SMILES string of the molecule is C=C(C)c1c(-c2cccc(N3CCN(c4ccccc4)CC3)c2)c(-c2ccc(F)c(F)c2)n(C)c1C. The predicted octanol–water partition coefficient (Wildman–Crippen LogP) is 7.31. The third-order valence-corrected chi connectivity index (χ3v) is 7.21. The molecule has 3 nitrogen and oxygen atoms in total. The van der Waals surface area contributed by atoms with Crippen molar-refractivity contribution >= 4 is 16.9 Å². The van der Waals surface area contributed by atoms with Crippen molar-refractivity contribution in [3.63, 3.8) is 0 Å². The molecule has 0 amide bonds. The molecule has 184 valence electrons. The number of hydrogen-bond donors (Lipinski definition) is 0. The molecule has 4 aromatic rings. The molecular formula is C31H31F2N3. The van der Waals surface area contributed by atoms with Crippen molar-refractivity contribution in [3.8, 4) is 22.4 Å². The smallest absolute Gasteiger partial charge is 0.159 e. The van der Waals surface area contributed by atoms with E-state index >= 15 is 0 Å². The average molecular weight is 484 g/mol. The fraction of sp³-hybridized carbons (Fsp3) is 0.226. The average Bonchev–Trinajstić information content (AvgIpc) is 3.17. The molecule has 1 aromatic heterocycles. The number of anilines is 2. The number of rotatable bonds is 5. The van der Waals surface area contributed by atoms with Crippen LogP contribution in [0.5, 0.6) is 0 Å².